The van der Waals surface area contributed by atoms with Crippen molar-refractivity contribution in [2.24, 2.45) is 5.29 Å². The Hall–Kier alpha value is -2.11. The highest BCUT2D eigenvalue weighted by molar-refractivity contribution is 5.71. The van der Waals surface area contributed by atoms with Gasteiger partial charge in [-0.2, -0.15) is 5.01 Å². The number of carbonyl (C=O) groups is 1. The van der Waals surface area contributed by atoms with E-state index in [9.17, 15) is 9.70 Å². The molecule has 0 radical (unpaired) electrons. The molecule has 0 fully saturated rings. The molecule has 0 spiro atoms. The minimum absolute atomic E-state index is 0.304. The van der Waals surface area contributed by atoms with Crippen LogP contribution in [0.3, 0.4) is 0 Å². The first kappa shape index (κ1) is 12.3. The number of nitrogens with zero attached hydrogens (tertiary/aromatic N) is 2. The number of carbonyl (C=O) groups excluding carboxylic acids is 1. The van der Waals surface area contributed by atoms with Crippen molar-refractivity contribution in [2.45, 2.75) is 25.9 Å². The van der Waals surface area contributed by atoms with Gasteiger partial charge in [0, 0.05) is 19.0 Å². The van der Waals surface area contributed by atoms with Gasteiger partial charge in [-0.3, -0.25) is 0 Å². The topological polar surface area (TPSA) is 68.2 Å². The van der Waals surface area contributed by atoms with E-state index in [0.29, 0.717) is 16.5 Å². The lowest BCUT2D eigenvalue weighted by atomic mass is 10.0. The van der Waals surface area contributed by atoms with Crippen LogP contribution in [0.15, 0.2) is 23.5 Å². The average molecular weight is 250 g/mol. The van der Waals surface area contributed by atoms with Crippen molar-refractivity contribution < 1.29 is 14.3 Å². The zero-order valence-electron chi connectivity index (χ0n) is 10.5. The summed E-state index contributed by atoms with van der Waals surface area (Å²) in [5.41, 5.74) is 0.659. The Morgan fingerprint density at radius 3 is 2.89 bits per heavy atom. The van der Waals surface area contributed by atoms with Crippen LogP contribution in [0.5, 0.6) is 11.5 Å². The van der Waals surface area contributed by atoms with Crippen LogP contribution in [0, 0.1) is 4.91 Å². The van der Waals surface area contributed by atoms with Crippen molar-refractivity contribution in [2.75, 3.05) is 7.05 Å². The summed E-state index contributed by atoms with van der Waals surface area (Å²) in [6.45, 7) is 3.91. The van der Waals surface area contributed by atoms with E-state index in [1.165, 1.54) is 7.05 Å². The van der Waals surface area contributed by atoms with Crippen LogP contribution >= 0.6 is 0 Å². The summed E-state index contributed by atoms with van der Waals surface area (Å²) in [6, 6.07) is 5.32. The van der Waals surface area contributed by atoms with Gasteiger partial charge < -0.3 is 9.47 Å². The van der Waals surface area contributed by atoms with E-state index >= 15 is 0 Å². The molecule has 0 saturated heterocycles. The van der Waals surface area contributed by atoms with E-state index in [2.05, 4.69) is 5.29 Å². The predicted molar refractivity (Wildman–Crippen MR) is 64.4 cm³/mol. The van der Waals surface area contributed by atoms with Crippen LogP contribution in [-0.2, 0) is 6.42 Å². The van der Waals surface area contributed by atoms with Crippen LogP contribution in [0.4, 0.5) is 4.79 Å². The first-order chi connectivity index (χ1) is 8.43. The Balaban J connectivity index is 2.25. The molecule has 6 nitrogen and oxygen atoms in total. The lowest BCUT2D eigenvalue weighted by Crippen LogP contribution is -2.26. The van der Waals surface area contributed by atoms with Gasteiger partial charge in [-0.25, -0.2) is 4.79 Å². The molecule has 1 aromatic carbocycles. The lowest BCUT2D eigenvalue weighted by molar-refractivity contribution is 0.129. The fourth-order valence-electron chi connectivity index (χ4n) is 1.86. The zero-order chi connectivity index (χ0) is 13.3. The summed E-state index contributed by atoms with van der Waals surface area (Å²) in [6.07, 6.45) is -0.0955. The summed E-state index contributed by atoms with van der Waals surface area (Å²) in [4.78, 5) is 21.7. The van der Waals surface area contributed by atoms with Crippen molar-refractivity contribution in [1.29, 1.82) is 0 Å². The molecule has 2 rings (SSSR count). The van der Waals surface area contributed by atoms with E-state index in [-0.39, 0.29) is 5.60 Å². The van der Waals surface area contributed by atoms with Gasteiger partial charge in [0.15, 0.2) is 11.5 Å². The average Bonchev–Trinajstić information content (AvgIpc) is 2.63. The smallest absolute Gasteiger partial charge is 0.438 e. The molecule has 1 amide bonds. The predicted octanol–water partition coefficient (Wildman–Crippen LogP) is 2.51. The Morgan fingerprint density at radius 1 is 1.50 bits per heavy atom. The maximum absolute atomic E-state index is 11.5. The number of hydrogen-bond donors (Lipinski definition) is 0. The maximum atomic E-state index is 11.5. The number of amides is 1. The number of hydrogen-bond acceptors (Lipinski definition) is 5. The summed E-state index contributed by atoms with van der Waals surface area (Å²) in [5.74, 6) is 0.855. The van der Waals surface area contributed by atoms with Gasteiger partial charge in [0.1, 0.15) is 5.60 Å². The number of para-hydroxylation sites is 1. The highest BCUT2D eigenvalue weighted by Crippen LogP contribution is 2.41. The highest BCUT2D eigenvalue weighted by atomic mass is 16.6. The quantitative estimate of drug-likeness (QED) is 0.597. The third kappa shape index (κ3) is 2.27. The maximum Gasteiger partial charge on any atom is 0.438 e. The van der Waals surface area contributed by atoms with Crippen molar-refractivity contribution in [1.82, 2.24) is 5.01 Å². The van der Waals surface area contributed by atoms with E-state index < -0.39 is 6.09 Å². The van der Waals surface area contributed by atoms with Gasteiger partial charge in [0.2, 0.25) is 0 Å². The number of ether oxygens (including phenoxy) is 2. The Kier molecular flexibility index (Phi) is 2.94. The van der Waals surface area contributed by atoms with Crippen LogP contribution in [0.1, 0.15) is 19.4 Å². The highest BCUT2D eigenvalue weighted by Gasteiger charge is 2.33. The fourth-order valence-corrected chi connectivity index (χ4v) is 1.86. The zero-order valence-corrected chi connectivity index (χ0v) is 10.5. The summed E-state index contributed by atoms with van der Waals surface area (Å²) in [7, 11) is 1.23. The SMILES string of the molecule is CN(N=O)C(=O)Oc1cccc2c1OC(C)(C)C2. The van der Waals surface area contributed by atoms with E-state index in [0.717, 1.165) is 12.0 Å². The van der Waals surface area contributed by atoms with Gasteiger partial charge in [0.05, 0.1) is 5.29 Å². The second kappa shape index (κ2) is 4.29. The molecule has 1 aromatic rings. The molecule has 6 heteroatoms. The van der Waals surface area contributed by atoms with Crippen molar-refractivity contribution in [3.8, 4) is 11.5 Å². The van der Waals surface area contributed by atoms with Gasteiger partial charge in [-0.15, -0.1) is 4.91 Å². The summed E-state index contributed by atoms with van der Waals surface area (Å²) in [5, 5.41) is 3.06. The molecule has 18 heavy (non-hydrogen) atoms. The van der Waals surface area contributed by atoms with Crippen molar-refractivity contribution in [3.63, 3.8) is 0 Å². The molecule has 0 saturated carbocycles. The Labute approximate surface area is 104 Å². The molecule has 0 aliphatic carbocycles. The number of nitroso groups, excluding NO2 is 1. The molecule has 0 bridgehead atoms. The molecule has 0 aromatic heterocycles. The van der Waals surface area contributed by atoms with E-state index in [1.807, 2.05) is 19.9 Å². The summed E-state index contributed by atoms with van der Waals surface area (Å²) < 4.78 is 10.8. The third-order valence-corrected chi connectivity index (χ3v) is 2.64. The Morgan fingerprint density at radius 2 is 2.22 bits per heavy atom. The number of fused-ring (bicyclic) bond motifs is 1. The van der Waals surface area contributed by atoms with E-state index in [1.54, 1.807) is 12.1 Å². The molecular formula is C12H14N2O4. The fraction of sp³-hybridized carbons (Fsp3) is 0.417. The lowest BCUT2D eigenvalue weighted by Gasteiger charge is -2.18. The first-order valence-electron chi connectivity index (χ1n) is 5.53. The molecule has 0 N–H and O–H groups in total. The van der Waals surface area contributed by atoms with Gasteiger partial charge in [-0.1, -0.05) is 12.1 Å². The van der Waals surface area contributed by atoms with Gasteiger partial charge >= 0.3 is 6.09 Å². The minimum atomic E-state index is -0.841. The molecule has 1 aliphatic rings. The van der Waals surface area contributed by atoms with Crippen LogP contribution in [0.2, 0.25) is 0 Å². The monoisotopic (exact) mass is 250 g/mol. The molecular weight excluding hydrogens is 236 g/mol. The normalized spacial score (nSPS) is 15.5. The molecule has 1 aliphatic heterocycles. The van der Waals surface area contributed by atoms with Gasteiger partial charge in [-0.05, 0) is 19.9 Å². The number of rotatable bonds is 2. The largest absolute Gasteiger partial charge is 0.483 e. The molecule has 0 atom stereocenters. The second-order valence-corrected chi connectivity index (χ2v) is 4.76. The second-order valence-electron chi connectivity index (χ2n) is 4.76. The number of benzene rings is 1. The minimum Gasteiger partial charge on any atom is -0.483 e. The van der Waals surface area contributed by atoms with Crippen LogP contribution < -0.4 is 9.47 Å². The van der Waals surface area contributed by atoms with Crippen LogP contribution in [-0.4, -0.2) is 23.8 Å². The summed E-state index contributed by atoms with van der Waals surface area (Å²) >= 11 is 0. The molecule has 96 valence electrons. The van der Waals surface area contributed by atoms with Crippen molar-refractivity contribution >= 4 is 6.09 Å². The first-order valence-corrected chi connectivity index (χ1v) is 5.53. The molecule has 1 heterocycles. The van der Waals surface area contributed by atoms with Crippen molar-refractivity contribution in [3.05, 3.63) is 28.7 Å². The Bertz CT molecular complexity index is 499. The van der Waals surface area contributed by atoms with E-state index in [4.69, 9.17) is 9.47 Å². The standard InChI is InChI=1S/C12H14N2O4/c1-12(2)7-8-5-4-6-9(10(8)18-12)17-11(15)14(3)13-16/h4-6H,7H2,1-3H3. The van der Waals surface area contributed by atoms with Crippen LogP contribution in [0.25, 0.3) is 0 Å². The molecule has 0 unspecified atom stereocenters. The van der Waals surface area contributed by atoms with Gasteiger partial charge in [0.25, 0.3) is 0 Å². The third-order valence-electron chi connectivity index (χ3n) is 2.64.